The van der Waals surface area contributed by atoms with Crippen LogP contribution in [0.25, 0.3) is 0 Å². The van der Waals surface area contributed by atoms with Crippen molar-refractivity contribution in [3.05, 3.63) is 17.5 Å². The molecule has 2 aliphatic rings. The lowest BCUT2D eigenvalue weighted by Gasteiger charge is -2.39. The van der Waals surface area contributed by atoms with Gasteiger partial charge < -0.3 is 10.0 Å². The van der Waals surface area contributed by atoms with E-state index in [2.05, 4.69) is 21.8 Å². The maximum Gasteiger partial charge on any atom is 0.226 e. The second-order valence-corrected chi connectivity index (χ2v) is 7.00. The first-order valence-electron chi connectivity index (χ1n) is 8.31. The molecule has 0 aromatic carbocycles. The minimum Gasteiger partial charge on any atom is -0.393 e. The normalized spacial score (nSPS) is 33.4. The third-order valence-corrected chi connectivity index (χ3v) is 5.14. The van der Waals surface area contributed by atoms with Crippen LogP contribution < -0.4 is 4.90 Å². The minimum absolute atomic E-state index is 0.155. The lowest BCUT2D eigenvalue weighted by atomic mass is 9.76. The van der Waals surface area contributed by atoms with Crippen molar-refractivity contribution in [2.24, 2.45) is 11.8 Å². The van der Waals surface area contributed by atoms with Gasteiger partial charge in [0, 0.05) is 29.9 Å². The van der Waals surface area contributed by atoms with E-state index in [0.717, 1.165) is 55.5 Å². The summed E-state index contributed by atoms with van der Waals surface area (Å²) < 4.78 is 0. The van der Waals surface area contributed by atoms with E-state index in [1.54, 1.807) is 0 Å². The molecule has 0 amide bonds. The molecule has 0 radical (unpaired) electrons. The molecule has 4 heteroatoms. The van der Waals surface area contributed by atoms with E-state index in [1.165, 1.54) is 6.42 Å². The smallest absolute Gasteiger partial charge is 0.226 e. The molecule has 1 aliphatic carbocycles. The van der Waals surface area contributed by atoms with Crippen molar-refractivity contribution in [1.82, 2.24) is 9.97 Å². The Morgan fingerprint density at radius 1 is 1.14 bits per heavy atom. The van der Waals surface area contributed by atoms with Crippen LogP contribution in [0.4, 0.5) is 5.95 Å². The zero-order valence-electron chi connectivity index (χ0n) is 13.4. The summed E-state index contributed by atoms with van der Waals surface area (Å²) in [5.41, 5.74) is 2.06. The van der Waals surface area contributed by atoms with Crippen LogP contribution in [-0.2, 0) is 0 Å². The third kappa shape index (κ3) is 3.05. The van der Waals surface area contributed by atoms with Crippen LogP contribution in [0.15, 0.2) is 6.07 Å². The van der Waals surface area contributed by atoms with Crippen LogP contribution in [-0.4, -0.2) is 33.8 Å². The molecule has 21 heavy (non-hydrogen) atoms. The Labute approximate surface area is 127 Å². The predicted octanol–water partition coefficient (Wildman–Crippen LogP) is 2.86. The van der Waals surface area contributed by atoms with E-state index in [4.69, 9.17) is 0 Å². The molecule has 0 bridgehead atoms. The fourth-order valence-corrected chi connectivity index (χ4v) is 4.14. The molecular weight excluding hydrogens is 262 g/mol. The van der Waals surface area contributed by atoms with E-state index in [1.807, 2.05) is 19.9 Å². The third-order valence-electron chi connectivity index (χ3n) is 5.14. The molecule has 0 spiro atoms. The molecule has 4 nitrogen and oxygen atoms in total. The van der Waals surface area contributed by atoms with Crippen LogP contribution >= 0.6 is 0 Å². The lowest BCUT2D eigenvalue weighted by molar-refractivity contribution is 0.0389. The number of aliphatic hydroxyl groups is 1. The highest BCUT2D eigenvalue weighted by molar-refractivity contribution is 5.36. The van der Waals surface area contributed by atoms with Crippen molar-refractivity contribution in [2.75, 3.05) is 11.4 Å². The summed E-state index contributed by atoms with van der Waals surface area (Å²) in [6.07, 6.45) is 5.42. The Hall–Kier alpha value is -1.16. The van der Waals surface area contributed by atoms with Gasteiger partial charge in [-0.2, -0.15) is 0 Å². The summed E-state index contributed by atoms with van der Waals surface area (Å²) in [5.74, 6) is 1.96. The fraction of sp³-hybridized carbons (Fsp3) is 0.765. The van der Waals surface area contributed by atoms with Gasteiger partial charge in [-0.1, -0.05) is 6.92 Å². The molecule has 1 N–H and O–H groups in total. The van der Waals surface area contributed by atoms with Gasteiger partial charge in [0.2, 0.25) is 5.95 Å². The van der Waals surface area contributed by atoms with Crippen molar-refractivity contribution >= 4 is 5.95 Å². The lowest BCUT2D eigenvalue weighted by Crippen LogP contribution is -2.44. The van der Waals surface area contributed by atoms with Crippen molar-refractivity contribution in [3.8, 4) is 0 Å². The first-order chi connectivity index (χ1) is 10.0. The highest BCUT2D eigenvalue weighted by Gasteiger charge is 2.39. The molecule has 0 unspecified atom stereocenters. The quantitative estimate of drug-likeness (QED) is 0.909. The molecule has 1 saturated carbocycles. The standard InChI is InChI=1S/C17H27N3O/c1-11-6-7-16(21)14(9-11)15-5-4-8-20(15)17-18-12(2)10-13(3)19-17/h10-11,14-16,21H,4-9H2,1-3H3/t11-,14-,15+,16+/m0/s1. The van der Waals surface area contributed by atoms with Gasteiger partial charge in [0.05, 0.1) is 6.10 Å². The number of aryl methyl sites for hydroxylation is 2. The number of nitrogens with zero attached hydrogens (tertiary/aromatic N) is 3. The molecular formula is C17H27N3O. The Balaban J connectivity index is 1.84. The van der Waals surface area contributed by atoms with E-state index >= 15 is 0 Å². The van der Waals surface area contributed by atoms with Crippen molar-refractivity contribution in [3.63, 3.8) is 0 Å². The number of rotatable bonds is 2. The summed E-state index contributed by atoms with van der Waals surface area (Å²) in [6, 6.07) is 2.43. The molecule has 1 aromatic heterocycles. The second kappa shape index (κ2) is 5.91. The second-order valence-electron chi connectivity index (χ2n) is 7.00. The van der Waals surface area contributed by atoms with Gasteiger partial charge in [-0.15, -0.1) is 0 Å². The Morgan fingerprint density at radius 3 is 2.57 bits per heavy atom. The maximum absolute atomic E-state index is 10.5. The van der Waals surface area contributed by atoms with Crippen LogP contribution in [0.5, 0.6) is 0 Å². The molecule has 4 atom stereocenters. The van der Waals surface area contributed by atoms with Gasteiger partial charge in [-0.25, -0.2) is 9.97 Å². The summed E-state index contributed by atoms with van der Waals surface area (Å²) in [5, 5.41) is 10.5. The fourth-order valence-electron chi connectivity index (χ4n) is 4.14. The number of hydrogen-bond donors (Lipinski definition) is 1. The summed E-state index contributed by atoms with van der Waals surface area (Å²) >= 11 is 0. The van der Waals surface area contributed by atoms with Crippen LogP contribution in [0, 0.1) is 25.7 Å². The van der Waals surface area contributed by atoms with Gasteiger partial charge in [0.1, 0.15) is 0 Å². The first kappa shape index (κ1) is 14.8. The largest absolute Gasteiger partial charge is 0.393 e. The SMILES string of the molecule is Cc1cc(C)nc(N2CCC[C@@H]2[C@@H]2C[C@@H](C)CC[C@H]2O)n1. The topological polar surface area (TPSA) is 49.2 Å². The molecule has 1 saturated heterocycles. The Kier molecular flexibility index (Phi) is 4.16. The zero-order chi connectivity index (χ0) is 15.0. The predicted molar refractivity (Wildman–Crippen MR) is 84.4 cm³/mol. The molecule has 3 rings (SSSR count). The number of hydrogen-bond acceptors (Lipinski definition) is 4. The van der Waals surface area contributed by atoms with E-state index < -0.39 is 0 Å². The van der Waals surface area contributed by atoms with Gasteiger partial charge in [-0.3, -0.25) is 0 Å². The summed E-state index contributed by atoms with van der Waals surface area (Å²) in [6.45, 7) is 7.39. The van der Waals surface area contributed by atoms with Gasteiger partial charge in [0.25, 0.3) is 0 Å². The highest BCUT2D eigenvalue weighted by atomic mass is 16.3. The van der Waals surface area contributed by atoms with Crippen molar-refractivity contribution < 1.29 is 5.11 Å². The minimum atomic E-state index is -0.155. The molecule has 2 heterocycles. The van der Waals surface area contributed by atoms with E-state index in [9.17, 15) is 5.11 Å². The van der Waals surface area contributed by atoms with Gasteiger partial charge >= 0.3 is 0 Å². The van der Waals surface area contributed by atoms with E-state index in [0.29, 0.717) is 12.0 Å². The molecule has 1 aromatic rings. The first-order valence-corrected chi connectivity index (χ1v) is 8.31. The van der Waals surface area contributed by atoms with E-state index in [-0.39, 0.29) is 6.10 Å². The van der Waals surface area contributed by atoms with Crippen molar-refractivity contribution in [1.29, 1.82) is 0 Å². The average Bonchev–Trinajstić information content (AvgIpc) is 2.89. The van der Waals surface area contributed by atoms with Crippen LogP contribution in [0.1, 0.15) is 50.4 Å². The number of aromatic nitrogens is 2. The Bertz CT molecular complexity index is 485. The van der Waals surface area contributed by atoms with Crippen molar-refractivity contribution in [2.45, 2.75) is 65.0 Å². The summed E-state index contributed by atoms with van der Waals surface area (Å²) in [4.78, 5) is 11.6. The van der Waals surface area contributed by atoms with Crippen LogP contribution in [0.2, 0.25) is 0 Å². The van der Waals surface area contributed by atoms with Crippen LogP contribution in [0.3, 0.4) is 0 Å². The summed E-state index contributed by atoms with van der Waals surface area (Å²) in [7, 11) is 0. The average molecular weight is 289 g/mol. The van der Waals surface area contributed by atoms with Gasteiger partial charge in [0.15, 0.2) is 0 Å². The monoisotopic (exact) mass is 289 g/mol. The number of aliphatic hydroxyl groups excluding tert-OH is 1. The molecule has 116 valence electrons. The van der Waals surface area contributed by atoms with Gasteiger partial charge in [-0.05, 0) is 57.9 Å². The molecule has 2 fully saturated rings. The zero-order valence-corrected chi connectivity index (χ0v) is 13.4. The molecule has 1 aliphatic heterocycles. The number of anilines is 1. The Morgan fingerprint density at radius 2 is 1.86 bits per heavy atom. The highest BCUT2D eigenvalue weighted by Crippen LogP contribution is 2.38. The maximum atomic E-state index is 10.5.